The maximum atomic E-state index is 11.4. The number of hydrogen-bond acceptors (Lipinski definition) is 4. The first-order chi connectivity index (χ1) is 9.44. The molecule has 0 spiro atoms. The predicted molar refractivity (Wildman–Crippen MR) is 77.6 cm³/mol. The average molecular weight is 275 g/mol. The predicted octanol–water partition coefficient (Wildman–Crippen LogP) is 1.07. The van der Waals surface area contributed by atoms with Gasteiger partial charge < -0.3 is 10.3 Å². The Labute approximate surface area is 118 Å². The smallest absolute Gasteiger partial charge is 0.251 e. The fourth-order valence-corrected chi connectivity index (χ4v) is 2.19. The molecule has 6 heteroatoms. The van der Waals surface area contributed by atoms with Crippen molar-refractivity contribution in [2.75, 3.05) is 0 Å². The summed E-state index contributed by atoms with van der Waals surface area (Å²) in [7, 11) is 0. The van der Waals surface area contributed by atoms with Crippen LogP contribution in [-0.2, 0) is 13.1 Å². The number of H-pyrrole nitrogens is 1. The van der Waals surface area contributed by atoms with Gasteiger partial charge in [0.2, 0.25) is 0 Å². The van der Waals surface area contributed by atoms with Crippen LogP contribution in [0.2, 0.25) is 0 Å². The monoisotopic (exact) mass is 275 g/mol. The van der Waals surface area contributed by atoms with Crippen molar-refractivity contribution in [1.82, 2.24) is 25.1 Å². The van der Waals surface area contributed by atoms with Crippen molar-refractivity contribution in [3.63, 3.8) is 0 Å². The van der Waals surface area contributed by atoms with Gasteiger partial charge in [-0.15, -0.1) is 0 Å². The fourth-order valence-electron chi connectivity index (χ4n) is 2.19. The first-order valence-electron chi connectivity index (χ1n) is 6.75. The lowest BCUT2D eigenvalue weighted by atomic mass is 10.3. The molecule has 0 aliphatic heterocycles. The van der Waals surface area contributed by atoms with Gasteiger partial charge in [0.1, 0.15) is 5.82 Å². The summed E-state index contributed by atoms with van der Waals surface area (Å²) >= 11 is 0. The molecular weight excluding hydrogens is 254 g/mol. The molecule has 2 N–H and O–H groups in total. The van der Waals surface area contributed by atoms with Gasteiger partial charge in [-0.2, -0.15) is 5.10 Å². The summed E-state index contributed by atoms with van der Waals surface area (Å²) in [6.07, 6.45) is 0. The second kappa shape index (κ2) is 6.00. The second-order valence-electron chi connectivity index (χ2n) is 5.21. The lowest BCUT2D eigenvalue weighted by molar-refractivity contribution is 0.441. The molecule has 0 aromatic carbocycles. The van der Waals surface area contributed by atoms with Crippen LogP contribution in [0, 0.1) is 20.8 Å². The SMILES string of the molecule is Cc1cc(C)n(CC(C)NCc2cc(=O)[nH]c(C)n2)n1. The zero-order valence-electron chi connectivity index (χ0n) is 12.4. The van der Waals surface area contributed by atoms with E-state index in [0.29, 0.717) is 12.4 Å². The summed E-state index contributed by atoms with van der Waals surface area (Å²) in [5.74, 6) is 0.639. The fraction of sp³-hybridized carbons (Fsp3) is 0.500. The summed E-state index contributed by atoms with van der Waals surface area (Å²) in [5, 5.41) is 7.80. The highest BCUT2D eigenvalue weighted by Gasteiger charge is 2.07. The summed E-state index contributed by atoms with van der Waals surface area (Å²) in [6.45, 7) is 9.28. The summed E-state index contributed by atoms with van der Waals surface area (Å²) < 4.78 is 1.99. The van der Waals surface area contributed by atoms with Crippen molar-refractivity contribution in [1.29, 1.82) is 0 Å². The maximum Gasteiger partial charge on any atom is 0.251 e. The van der Waals surface area contributed by atoms with Gasteiger partial charge in [-0.1, -0.05) is 0 Å². The van der Waals surface area contributed by atoms with E-state index in [-0.39, 0.29) is 11.6 Å². The third-order valence-corrected chi connectivity index (χ3v) is 3.09. The van der Waals surface area contributed by atoms with Crippen molar-refractivity contribution >= 4 is 0 Å². The number of aryl methyl sites for hydroxylation is 3. The molecule has 6 nitrogen and oxygen atoms in total. The molecule has 108 valence electrons. The van der Waals surface area contributed by atoms with E-state index in [0.717, 1.165) is 23.6 Å². The van der Waals surface area contributed by atoms with Crippen LogP contribution < -0.4 is 10.9 Å². The molecule has 0 bridgehead atoms. The minimum Gasteiger partial charge on any atom is -0.311 e. The zero-order valence-corrected chi connectivity index (χ0v) is 12.4. The molecule has 1 atom stereocenters. The Kier molecular flexibility index (Phi) is 4.34. The molecule has 2 heterocycles. The van der Waals surface area contributed by atoms with E-state index in [9.17, 15) is 4.79 Å². The Bertz CT molecular complexity index is 643. The van der Waals surface area contributed by atoms with E-state index in [4.69, 9.17) is 0 Å². The van der Waals surface area contributed by atoms with Gasteiger partial charge in [-0.05, 0) is 33.8 Å². The molecule has 0 radical (unpaired) electrons. The van der Waals surface area contributed by atoms with Crippen molar-refractivity contribution in [3.05, 3.63) is 45.4 Å². The lowest BCUT2D eigenvalue weighted by Crippen LogP contribution is -2.31. The second-order valence-corrected chi connectivity index (χ2v) is 5.21. The minimum atomic E-state index is -0.111. The number of nitrogens with zero attached hydrogens (tertiary/aromatic N) is 3. The van der Waals surface area contributed by atoms with Crippen LogP contribution in [0.1, 0.15) is 29.8 Å². The van der Waals surface area contributed by atoms with E-state index in [2.05, 4.69) is 33.4 Å². The van der Waals surface area contributed by atoms with Gasteiger partial charge >= 0.3 is 0 Å². The molecule has 2 rings (SSSR count). The number of hydrogen-bond donors (Lipinski definition) is 2. The molecule has 0 amide bonds. The first kappa shape index (κ1) is 14.5. The van der Waals surface area contributed by atoms with Gasteiger partial charge in [0, 0.05) is 24.3 Å². The topological polar surface area (TPSA) is 75.6 Å². The quantitative estimate of drug-likeness (QED) is 0.856. The Morgan fingerprint density at radius 2 is 2.10 bits per heavy atom. The summed E-state index contributed by atoms with van der Waals surface area (Å²) in [5.41, 5.74) is 2.83. The normalized spacial score (nSPS) is 12.6. The molecule has 0 aliphatic carbocycles. The van der Waals surface area contributed by atoms with E-state index in [1.165, 1.54) is 6.07 Å². The first-order valence-corrected chi connectivity index (χ1v) is 6.75. The molecule has 0 saturated carbocycles. The molecule has 20 heavy (non-hydrogen) atoms. The third-order valence-electron chi connectivity index (χ3n) is 3.09. The summed E-state index contributed by atoms with van der Waals surface area (Å²) in [4.78, 5) is 18.3. The van der Waals surface area contributed by atoms with Crippen molar-refractivity contribution < 1.29 is 0 Å². The molecule has 2 aromatic rings. The zero-order chi connectivity index (χ0) is 14.7. The van der Waals surface area contributed by atoms with Gasteiger partial charge in [-0.3, -0.25) is 9.48 Å². The lowest BCUT2D eigenvalue weighted by Gasteiger charge is -2.14. The van der Waals surface area contributed by atoms with Crippen LogP contribution in [0.3, 0.4) is 0 Å². The van der Waals surface area contributed by atoms with Gasteiger partial charge in [-0.25, -0.2) is 4.98 Å². The van der Waals surface area contributed by atoms with Crippen LogP contribution in [0.15, 0.2) is 16.9 Å². The Morgan fingerprint density at radius 1 is 1.35 bits per heavy atom. The minimum absolute atomic E-state index is 0.111. The van der Waals surface area contributed by atoms with Crippen molar-refractivity contribution in [2.45, 2.75) is 46.8 Å². The van der Waals surface area contributed by atoms with E-state index >= 15 is 0 Å². The Balaban J connectivity index is 1.93. The third kappa shape index (κ3) is 3.77. The van der Waals surface area contributed by atoms with E-state index < -0.39 is 0 Å². The number of aromatic amines is 1. The van der Waals surface area contributed by atoms with Crippen LogP contribution in [-0.4, -0.2) is 25.8 Å². The number of aromatic nitrogens is 4. The molecule has 0 saturated heterocycles. The highest BCUT2D eigenvalue weighted by atomic mass is 16.1. The summed E-state index contributed by atoms with van der Waals surface area (Å²) in [6, 6.07) is 3.83. The van der Waals surface area contributed by atoms with Crippen LogP contribution >= 0.6 is 0 Å². The average Bonchev–Trinajstić information content (AvgIpc) is 2.64. The van der Waals surface area contributed by atoms with E-state index in [1.807, 2.05) is 18.5 Å². The highest BCUT2D eigenvalue weighted by molar-refractivity contribution is 5.07. The molecule has 1 unspecified atom stereocenters. The molecule has 2 aromatic heterocycles. The Hall–Kier alpha value is -1.95. The van der Waals surface area contributed by atoms with Crippen LogP contribution in [0.25, 0.3) is 0 Å². The highest BCUT2D eigenvalue weighted by Crippen LogP contribution is 2.03. The molecular formula is C14H21N5O. The van der Waals surface area contributed by atoms with Crippen molar-refractivity contribution in [3.8, 4) is 0 Å². The maximum absolute atomic E-state index is 11.4. The largest absolute Gasteiger partial charge is 0.311 e. The molecule has 0 aliphatic rings. The van der Waals surface area contributed by atoms with Gasteiger partial charge in [0.05, 0.1) is 17.9 Å². The van der Waals surface area contributed by atoms with Gasteiger partial charge in [0.25, 0.3) is 5.56 Å². The number of rotatable bonds is 5. The Morgan fingerprint density at radius 3 is 2.70 bits per heavy atom. The number of nitrogens with one attached hydrogen (secondary N) is 2. The van der Waals surface area contributed by atoms with Crippen LogP contribution in [0.5, 0.6) is 0 Å². The van der Waals surface area contributed by atoms with Crippen molar-refractivity contribution in [2.24, 2.45) is 0 Å². The molecule has 0 fully saturated rings. The standard InChI is InChI=1S/C14H21N5O/c1-9-5-11(3)19(18-9)8-10(2)15-7-13-6-14(20)17-12(4)16-13/h5-6,10,15H,7-8H2,1-4H3,(H,16,17,20). The van der Waals surface area contributed by atoms with E-state index in [1.54, 1.807) is 6.92 Å². The van der Waals surface area contributed by atoms with Crippen LogP contribution in [0.4, 0.5) is 0 Å². The van der Waals surface area contributed by atoms with Gasteiger partial charge in [0.15, 0.2) is 0 Å².